The first-order chi connectivity index (χ1) is 16.6. The zero-order valence-corrected chi connectivity index (χ0v) is 20.0. The Kier molecular flexibility index (Phi) is 6.13. The van der Waals surface area contributed by atoms with E-state index < -0.39 is 0 Å². The van der Waals surface area contributed by atoms with Gasteiger partial charge in [0.25, 0.3) is 0 Å². The van der Waals surface area contributed by atoms with Gasteiger partial charge in [-0.15, -0.1) is 5.10 Å². The van der Waals surface area contributed by atoms with Gasteiger partial charge in [-0.05, 0) is 64.3 Å². The number of aromatic nitrogens is 7. The van der Waals surface area contributed by atoms with Gasteiger partial charge in [-0.1, -0.05) is 51.5 Å². The second kappa shape index (κ2) is 9.37. The van der Waals surface area contributed by atoms with Crippen molar-refractivity contribution in [3.8, 4) is 22.5 Å². The fourth-order valence-electron chi connectivity index (χ4n) is 5.45. The highest BCUT2D eigenvalue weighted by atomic mass is 16.1. The van der Waals surface area contributed by atoms with Crippen LogP contribution in [0.25, 0.3) is 22.5 Å². The summed E-state index contributed by atoms with van der Waals surface area (Å²) in [6.07, 6.45) is 9.98. The number of aryl methyl sites for hydroxylation is 1. The van der Waals surface area contributed by atoms with Crippen molar-refractivity contribution in [1.29, 1.82) is 0 Å². The summed E-state index contributed by atoms with van der Waals surface area (Å²) in [4.78, 5) is 18.1. The van der Waals surface area contributed by atoms with E-state index in [9.17, 15) is 4.79 Å². The molecule has 0 amide bonds. The minimum absolute atomic E-state index is 0.0806. The summed E-state index contributed by atoms with van der Waals surface area (Å²) in [5.41, 5.74) is 5.11. The van der Waals surface area contributed by atoms with Gasteiger partial charge in [0.05, 0.1) is 6.54 Å². The summed E-state index contributed by atoms with van der Waals surface area (Å²) in [5, 5.41) is 14.5. The van der Waals surface area contributed by atoms with E-state index in [1.807, 2.05) is 39.6 Å². The van der Waals surface area contributed by atoms with E-state index in [4.69, 9.17) is 0 Å². The topological polar surface area (TPSA) is 94.3 Å². The van der Waals surface area contributed by atoms with E-state index in [0.29, 0.717) is 24.2 Å². The first kappa shape index (κ1) is 22.3. The van der Waals surface area contributed by atoms with E-state index in [-0.39, 0.29) is 11.7 Å². The molecule has 8 heteroatoms. The Bertz CT molecular complexity index is 1310. The summed E-state index contributed by atoms with van der Waals surface area (Å²) in [6, 6.07) is 10.3. The van der Waals surface area contributed by atoms with Gasteiger partial charge in [0.1, 0.15) is 0 Å². The molecule has 3 heterocycles. The maximum atomic E-state index is 13.7. The number of nitrogens with one attached hydrogen (secondary N) is 1. The molecule has 3 aromatic heterocycles. The van der Waals surface area contributed by atoms with Crippen molar-refractivity contribution in [2.45, 2.75) is 59.0 Å². The second-order valence-electron chi connectivity index (χ2n) is 9.51. The predicted molar refractivity (Wildman–Crippen MR) is 131 cm³/mol. The molecule has 5 rings (SSSR count). The Morgan fingerprint density at radius 1 is 1.09 bits per heavy atom. The number of hydrogen-bond donors (Lipinski definition) is 1. The third-order valence-electron chi connectivity index (χ3n) is 7.15. The molecule has 0 bridgehead atoms. The van der Waals surface area contributed by atoms with Gasteiger partial charge < -0.3 is 0 Å². The van der Waals surface area contributed by atoms with Crippen LogP contribution < -0.4 is 5.69 Å². The minimum Gasteiger partial charge on any atom is -0.295 e. The van der Waals surface area contributed by atoms with Crippen molar-refractivity contribution >= 4 is 0 Å². The highest BCUT2D eigenvalue weighted by molar-refractivity contribution is 5.81. The predicted octanol–water partition coefficient (Wildman–Crippen LogP) is 4.50. The average Bonchev–Trinajstić information content (AvgIpc) is 3.48. The maximum absolute atomic E-state index is 13.7. The molecular formula is C26H31N7O. The number of pyridine rings is 1. The van der Waals surface area contributed by atoms with Gasteiger partial charge >= 0.3 is 5.69 Å². The smallest absolute Gasteiger partial charge is 0.295 e. The van der Waals surface area contributed by atoms with Gasteiger partial charge in [-0.3, -0.25) is 14.1 Å². The van der Waals surface area contributed by atoms with Crippen LogP contribution in [0.3, 0.4) is 0 Å². The molecule has 2 atom stereocenters. The highest BCUT2D eigenvalue weighted by Gasteiger charge is 2.37. The molecule has 1 saturated carbocycles. The first-order valence-corrected chi connectivity index (χ1v) is 12.1. The number of tetrazole rings is 1. The minimum atomic E-state index is 0.0806. The lowest BCUT2D eigenvalue weighted by Crippen LogP contribution is -2.40. The normalized spacial score (nSPS) is 19.8. The fraction of sp³-hybridized carbons (Fsp3) is 0.423. The van der Waals surface area contributed by atoms with Crippen molar-refractivity contribution in [3.63, 3.8) is 0 Å². The molecule has 4 aromatic rings. The Morgan fingerprint density at radius 3 is 2.59 bits per heavy atom. The molecular weight excluding hydrogens is 426 g/mol. The summed E-state index contributed by atoms with van der Waals surface area (Å²) < 4.78 is 3.94. The lowest BCUT2D eigenvalue weighted by molar-refractivity contribution is 0.107. The Balaban J connectivity index is 1.57. The van der Waals surface area contributed by atoms with Crippen molar-refractivity contribution in [2.24, 2.45) is 11.8 Å². The average molecular weight is 458 g/mol. The molecule has 0 spiro atoms. The SMILES string of the molecule is CCCCc1cn(C2C(C)CC2C)c(=O)n1Cc1cnccc1-c1ccccc1-c1nnn[nH]1. The van der Waals surface area contributed by atoms with Crippen LogP contribution in [0.15, 0.2) is 53.7 Å². The van der Waals surface area contributed by atoms with Crippen molar-refractivity contribution in [3.05, 3.63) is 70.7 Å². The van der Waals surface area contributed by atoms with E-state index >= 15 is 0 Å². The van der Waals surface area contributed by atoms with Crippen LogP contribution >= 0.6 is 0 Å². The first-order valence-electron chi connectivity index (χ1n) is 12.1. The van der Waals surface area contributed by atoms with Gasteiger partial charge in [-0.2, -0.15) is 0 Å². The van der Waals surface area contributed by atoms with Crippen LogP contribution in [0.1, 0.15) is 57.3 Å². The van der Waals surface area contributed by atoms with Crippen LogP contribution in [0.4, 0.5) is 0 Å². The molecule has 34 heavy (non-hydrogen) atoms. The number of aromatic amines is 1. The molecule has 1 aliphatic rings. The molecule has 1 aliphatic carbocycles. The van der Waals surface area contributed by atoms with Crippen LogP contribution in [-0.4, -0.2) is 34.7 Å². The summed E-state index contributed by atoms with van der Waals surface area (Å²) >= 11 is 0. The van der Waals surface area contributed by atoms with Gasteiger partial charge in [0.2, 0.25) is 0 Å². The zero-order chi connectivity index (χ0) is 23.7. The number of H-pyrrole nitrogens is 1. The molecule has 176 valence electrons. The number of unbranched alkanes of at least 4 members (excludes halogenated alkanes) is 1. The molecule has 1 N–H and O–H groups in total. The Morgan fingerprint density at radius 2 is 1.88 bits per heavy atom. The molecule has 1 aromatic carbocycles. The second-order valence-corrected chi connectivity index (χ2v) is 9.51. The fourth-order valence-corrected chi connectivity index (χ4v) is 5.45. The van der Waals surface area contributed by atoms with Crippen LogP contribution in [0.5, 0.6) is 0 Å². The molecule has 8 nitrogen and oxygen atoms in total. The zero-order valence-electron chi connectivity index (χ0n) is 20.0. The quantitative estimate of drug-likeness (QED) is 0.420. The largest absolute Gasteiger partial charge is 0.328 e. The monoisotopic (exact) mass is 457 g/mol. The van der Waals surface area contributed by atoms with Crippen LogP contribution in [0, 0.1) is 11.8 Å². The highest BCUT2D eigenvalue weighted by Crippen LogP contribution is 2.43. The molecule has 2 unspecified atom stereocenters. The van der Waals surface area contributed by atoms with Gasteiger partial charge in [-0.25, -0.2) is 9.89 Å². The lowest BCUT2D eigenvalue weighted by atomic mass is 9.72. The van der Waals surface area contributed by atoms with Gasteiger partial charge in [0, 0.05) is 35.9 Å². The van der Waals surface area contributed by atoms with E-state index in [1.165, 1.54) is 6.42 Å². The van der Waals surface area contributed by atoms with E-state index in [1.54, 1.807) is 6.20 Å². The van der Waals surface area contributed by atoms with Gasteiger partial charge in [0.15, 0.2) is 5.82 Å². The van der Waals surface area contributed by atoms with E-state index in [2.05, 4.69) is 58.6 Å². The third kappa shape index (κ3) is 3.97. The third-order valence-corrected chi connectivity index (χ3v) is 7.15. The number of hydrogen-bond acceptors (Lipinski definition) is 5. The summed E-state index contributed by atoms with van der Waals surface area (Å²) in [5.74, 6) is 1.66. The van der Waals surface area contributed by atoms with Crippen molar-refractivity contribution < 1.29 is 0 Å². The standard InChI is InChI=1S/C26H31N7O/c1-4-5-8-20-16-33(24-17(2)13-18(24)3)26(34)32(20)15-19-14-27-12-11-21(19)22-9-6-7-10-23(22)25-28-30-31-29-25/h6-7,9-12,14,16-18,24H,4-5,8,13,15H2,1-3H3,(H,28,29,30,31). The van der Waals surface area contributed by atoms with Crippen molar-refractivity contribution in [2.75, 3.05) is 0 Å². The number of rotatable bonds is 8. The van der Waals surface area contributed by atoms with Crippen LogP contribution in [0.2, 0.25) is 0 Å². The molecule has 0 saturated heterocycles. The Hall–Kier alpha value is -3.55. The molecule has 1 fully saturated rings. The molecule has 0 aliphatic heterocycles. The van der Waals surface area contributed by atoms with E-state index in [0.717, 1.165) is 47.2 Å². The number of nitrogens with zero attached hydrogens (tertiary/aromatic N) is 6. The number of benzene rings is 1. The maximum Gasteiger partial charge on any atom is 0.328 e. The molecule has 0 radical (unpaired) electrons. The van der Waals surface area contributed by atoms with Crippen molar-refractivity contribution in [1.82, 2.24) is 34.7 Å². The lowest BCUT2D eigenvalue weighted by Gasteiger charge is -2.41. The van der Waals surface area contributed by atoms with Crippen LogP contribution in [-0.2, 0) is 13.0 Å². The summed E-state index contributed by atoms with van der Waals surface area (Å²) in [7, 11) is 0. The summed E-state index contributed by atoms with van der Waals surface area (Å²) in [6.45, 7) is 7.15. The number of imidazole rings is 1. The Labute approximate surface area is 199 Å².